The Bertz CT molecular complexity index is 1080. The number of esters is 1. The van der Waals surface area contributed by atoms with E-state index >= 15 is 4.39 Å². The largest absolute Gasteiger partial charge is 0.469 e. The molecule has 4 rings (SSSR count). The quantitative estimate of drug-likeness (QED) is 0.258. The molecule has 202 valence electrons. The van der Waals surface area contributed by atoms with E-state index in [2.05, 4.69) is 60.8 Å². The Hall–Kier alpha value is -2.29. The smallest absolute Gasteiger partial charge is 0.310 e. The van der Waals surface area contributed by atoms with Gasteiger partial charge in [0.2, 0.25) is 5.95 Å². The van der Waals surface area contributed by atoms with Gasteiger partial charge in [0.1, 0.15) is 5.82 Å². The van der Waals surface area contributed by atoms with Crippen LogP contribution in [0.15, 0.2) is 42.5 Å². The lowest BCUT2D eigenvalue weighted by Crippen LogP contribution is -2.42. The maximum Gasteiger partial charge on any atom is 0.310 e. The minimum absolute atomic E-state index is 0.185. The number of rotatable bonds is 8. The Labute approximate surface area is 222 Å². The molecule has 0 saturated carbocycles. The summed E-state index contributed by atoms with van der Waals surface area (Å²) in [4.78, 5) is 21.3. The number of carbonyl (C=O) groups excluding carboxylic acids is 1. The number of pyridine rings is 1. The number of carbonyl (C=O) groups is 1. The molecule has 3 atom stereocenters. The highest BCUT2D eigenvalue weighted by molar-refractivity contribution is 6.74. The first-order chi connectivity index (χ1) is 17.5. The number of methoxy groups -OCH3 is 1. The van der Waals surface area contributed by atoms with Crippen LogP contribution in [-0.2, 0) is 20.5 Å². The second kappa shape index (κ2) is 11.2. The minimum atomic E-state index is -1.79. The van der Waals surface area contributed by atoms with Crippen LogP contribution in [0.3, 0.4) is 0 Å². The van der Waals surface area contributed by atoms with E-state index in [0.717, 1.165) is 26.1 Å². The number of ether oxygens (including phenoxy) is 1. The van der Waals surface area contributed by atoms with Crippen LogP contribution < -0.4 is 4.90 Å². The fourth-order valence-corrected chi connectivity index (χ4v) is 6.25. The van der Waals surface area contributed by atoms with E-state index in [9.17, 15) is 4.79 Å². The van der Waals surface area contributed by atoms with E-state index < -0.39 is 20.2 Å². The van der Waals surface area contributed by atoms with E-state index in [-0.39, 0.29) is 16.9 Å². The topological polar surface area (TPSA) is 54.9 Å². The van der Waals surface area contributed by atoms with Crippen LogP contribution in [0.4, 0.5) is 10.2 Å². The summed E-state index contributed by atoms with van der Waals surface area (Å²) in [5.41, 5.74) is 1.66. The average molecular weight is 528 g/mol. The first-order valence-corrected chi connectivity index (χ1v) is 16.3. The number of nitrogens with zero attached hydrogens (tertiary/aromatic N) is 3. The summed E-state index contributed by atoms with van der Waals surface area (Å²) < 4.78 is 27.0. The molecule has 1 unspecified atom stereocenters. The zero-order valence-corrected chi connectivity index (χ0v) is 24.2. The van der Waals surface area contributed by atoms with Crippen molar-refractivity contribution in [1.82, 2.24) is 9.88 Å². The highest BCUT2D eigenvalue weighted by Crippen LogP contribution is 2.38. The number of anilines is 1. The summed E-state index contributed by atoms with van der Waals surface area (Å²) in [6.45, 7) is 15.6. The average Bonchev–Trinajstić information content (AvgIpc) is 3.50. The van der Waals surface area contributed by atoms with Crippen LogP contribution in [0.5, 0.6) is 0 Å². The molecule has 2 aliphatic rings. The van der Waals surface area contributed by atoms with Crippen LogP contribution in [0.25, 0.3) is 0 Å². The molecule has 2 aliphatic heterocycles. The number of benzene rings is 1. The molecule has 0 spiro atoms. The molecule has 1 aromatic heterocycles. The maximum absolute atomic E-state index is 15.5. The predicted molar refractivity (Wildman–Crippen MR) is 148 cm³/mol. The summed E-state index contributed by atoms with van der Waals surface area (Å²) in [5, 5.41) is 0.185. The summed E-state index contributed by atoms with van der Waals surface area (Å²) in [6, 6.07) is 13.9. The van der Waals surface area contributed by atoms with E-state index in [0.29, 0.717) is 36.9 Å². The molecule has 0 N–H and O–H groups in total. The predicted octanol–water partition coefficient (Wildman–Crippen LogP) is 5.46. The van der Waals surface area contributed by atoms with Gasteiger partial charge < -0.3 is 14.1 Å². The third kappa shape index (κ3) is 6.41. The number of aromatic nitrogens is 1. The summed E-state index contributed by atoms with van der Waals surface area (Å²) in [6.07, 6.45) is 1.02. The van der Waals surface area contributed by atoms with Crippen LogP contribution in [0, 0.1) is 17.8 Å². The van der Waals surface area contributed by atoms with Gasteiger partial charge in [-0.1, -0.05) is 57.2 Å². The second-order valence-corrected chi connectivity index (χ2v) is 16.9. The Morgan fingerprint density at radius 3 is 2.49 bits per heavy atom. The number of hydrogen-bond donors (Lipinski definition) is 0. The van der Waals surface area contributed by atoms with Crippen molar-refractivity contribution in [2.45, 2.75) is 57.8 Å². The fraction of sp³-hybridized carbons (Fsp3) is 0.586. The lowest BCUT2D eigenvalue weighted by atomic mass is 9.89. The Balaban J connectivity index is 1.43. The van der Waals surface area contributed by atoms with Gasteiger partial charge in [0.15, 0.2) is 8.32 Å². The van der Waals surface area contributed by atoms with E-state index in [1.807, 2.05) is 30.3 Å². The third-order valence-electron chi connectivity index (χ3n) is 8.51. The molecular formula is C29H42FN3O3Si. The van der Waals surface area contributed by atoms with Gasteiger partial charge in [-0.3, -0.25) is 9.69 Å². The Morgan fingerprint density at radius 1 is 1.11 bits per heavy atom. The van der Waals surface area contributed by atoms with Crippen molar-refractivity contribution < 1.29 is 18.3 Å². The van der Waals surface area contributed by atoms with Gasteiger partial charge in [-0.05, 0) is 36.2 Å². The lowest BCUT2D eigenvalue weighted by Gasteiger charge is -2.37. The molecule has 37 heavy (non-hydrogen) atoms. The first kappa shape index (κ1) is 27.7. The molecule has 2 saturated heterocycles. The third-order valence-corrected chi connectivity index (χ3v) is 13.0. The summed E-state index contributed by atoms with van der Waals surface area (Å²) in [5.74, 6) is -0.415. The van der Waals surface area contributed by atoms with Crippen LogP contribution in [0.1, 0.15) is 44.2 Å². The van der Waals surface area contributed by atoms with E-state index in [1.165, 1.54) is 12.7 Å². The Kier molecular flexibility index (Phi) is 8.40. The van der Waals surface area contributed by atoms with Gasteiger partial charge in [-0.15, -0.1) is 0 Å². The Morgan fingerprint density at radius 2 is 1.84 bits per heavy atom. The van der Waals surface area contributed by atoms with Crippen molar-refractivity contribution in [1.29, 1.82) is 0 Å². The zero-order chi connectivity index (χ0) is 26.8. The van der Waals surface area contributed by atoms with Crippen molar-refractivity contribution in [3.05, 3.63) is 59.5 Å². The van der Waals surface area contributed by atoms with Gasteiger partial charge in [-0.25, -0.2) is 4.98 Å². The molecule has 2 fully saturated rings. The van der Waals surface area contributed by atoms with Crippen LogP contribution in [-0.4, -0.2) is 64.1 Å². The first-order valence-electron chi connectivity index (χ1n) is 13.4. The van der Waals surface area contributed by atoms with Crippen molar-refractivity contribution >= 4 is 20.1 Å². The standard InChI is InChI=1S/C29H42FN3O3Si/c1-29(2,3)37(5,6)36-20-22-14-15-33(17-22)26-13-12-23(27(30)31-26)24-18-32(19-25(24)28(34)35-4)16-21-10-8-7-9-11-21/h7-13,22,24-25H,14-20H2,1-6H3/t22?,24-,25+/m0/s1. The number of hydrogen-bond acceptors (Lipinski definition) is 6. The molecule has 3 heterocycles. The van der Waals surface area contributed by atoms with Gasteiger partial charge in [-0.2, -0.15) is 4.39 Å². The van der Waals surface area contributed by atoms with Crippen LogP contribution >= 0.6 is 0 Å². The molecule has 2 aromatic rings. The SMILES string of the molecule is COC(=O)[C@@H]1CN(Cc2ccccc2)C[C@H]1c1ccc(N2CCC(CO[Si](C)(C)C(C)(C)C)C2)nc1F. The zero-order valence-electron chi connectivity index (χ0n) is 23.2. The van der Waals surface area contributed by atoms with E-state index in [4.69, 9.17) is 9.16 Å². The van der Waals surface area contributed by atoms with E-state index in [1.54, 1.807) is 0 Å². The summed E-state index contributed by atoms with van der Waals surface area (Å²) >= 11 is 0. The highest BCUT2D eigenvalue weighted by atomic mass is 28.4. The molecule has 1 aromatic carbocycles. The molecule has 0 aliphatic carbocycles. The molecule has 0 radical (unpaired) electrons. The minimum Gasteiger partial charge on any atom is -0.469 e. The van der Waals surface area contributed by atoms with Gasteiger partial charge in [0.25, 0.3) is 0 Å². The number of likely N-dealkylation sites (tertiary alicyclic amines) is 1. The number of halogens is 1. The lowest BCUT2D eigenvalue weighted by molar-refractivity contribution is -0.145. The van der Waals surface area contributed by atoms with Crippen molar-refractivity contribution in [3.8, 4) is 0 Å². The fourth-order valence-electron chi connectivity index (χ4n) is 5.17. The van der Waals surface area contributed by atoms with Gasteiger partial charge >= 0.3 is 5.97 Å². The normalized spacial score (nSPS) is 23.0. The molecular weight excluding hydrogens is 485 g/mol. The van der Waals surface area contributed by atoms with Crippen molar-refractivity contribution in [2.75, 3.05) is 44.8 Å². The van der Waals surface area contributed by atoms with Gasteiger partial charge in [0.05, 0.1) is 13.0 Å². The molecule has 0 amide bonds. The molecule has 0 bridgehead atoms. The monoisotopic (exact) mass is 527 g/mol. The highest BCUT2D eigenvalue weighted by Gasteiger charge is 2.41. The molecule has 8 heteroatoms. The van der Waals surface area contributed by atoms with Crippen molar-refractivity contribution in [3.63, 3.8) is 0 Å². The molecule has 6 nitrogen and oxygen atoms in total. The maximum atomic E-state index is 15.5. The van der Waals surface area contributed by atoms with Gasteiger partial charge in [0, 0.05) is 56.7 Å². The summed E-state index contributed by atoms with van der Waals surface area (Å²) in [7, 11) is -0.393. The van der Waals surface area contributed by atoms with Crippen molar-refractivity contribution in [2.24, 2.45) is 11.8 Å². The van der Waals surface area contributed by atoms with Crippen LogP contribution in [0.2, 0.25) is 18.1 Å². The second-order valence-electron chi connectivity index (χ2n) is 12.1.